The standard InChI is InChI=1S/C23H29NO2.ClH/c1-24(2)17-21-15-19(14-18-8-5-4-6-9-18)12-13-23(21,25)20-10-7-11-22(16-20)26-3;/h4-11,14,16,21,25H,12-13,15,17H2,1-3H3;1H/b19-14+;. The van der Waals surface area contributed by atoms with Gasteiger partial charge in [0.25, 0.3) is 0 Å². The zero-order valence-electron chi connectivity index (χ0n) is 16.4. The second-order valence-corrected chi connectivity index (χ2v) is 7.53. The van der Waals surface area contributed by atoms with Crippen LogP contribution < -0.4 is 4.74 Å². The molecule has 1 N–H and O–H groups in total. The number of halogens is 1. The summed E-state index contributed by atoms with van der Waals surface area (Å²) in [6.07, 6.45) is 4.83. The molecule has 0 amide bonds. The normalized spacial score (nSPS) is 23.9. The van der Waals surface area contributed by atoms with Crippen LogP contribution in [0.2, 0.25) is 0 Å². The minimum absolute atomic E-state index is 0. The molecule has 4 heteroatoms. The SMILES string of the molecule is COc1cccc(C2(O)CC/C(=C\c3ccccc3)CC2CN(C)C)c1.Cl. The number of ether oxygens (including phenoxy) is 1. The summed E-state index contributed by atoms with van der Waals surface area (Å²) < 4.78 is 5.37. The summed E-state index contributed by atoms with van der Waals surface area (Å²) in [5.74, 6) is 0.943. The van der Waals surface area contributed by atoms with Crippen LogP contribution in [-0.2, 0) is 5.60 Å². The van der Waals surface area contributed by atoms with Crippen molar-refractivity contribution < 1.29 is 9.84 Å². The number of hydrogen-bond donors (Lipinski definition) is 1. The van der Waals surface area contributed by atoms with Crippen LogP contribution in [0.25, 0.3) is 6.08 Å². The largest absolute Gasteiger partial charge is 0.497 e. The minimum atomic E-state index is -0.827. The van der Waals surface area contributed by atoms with Gasteiger partial charge in [-0.15, -0.1) is 12.4 Å². The van der Waals surface area contributed by atoms with Crippen molar-refractivity contribution in [3.05, 3.63) is 71.3 Å². The fourth-order valence-electron chi connectivity index (χ4n) is 3.99. The molecule has 2 atom stereocenters. The third kappa shape index (κ3) is 5.13. The summed E-state index contributed by atoms with van der Waals surface area (Å²) >= 11 is 0. The van der Waals surface area contributed by atoms with Crippen molar-refractivity contribution in [3.63, 3.8) is 0 Å². The molecule has 0 aliphatic heterocycles. The lowest BCUT2D eigenvalue weighted by Gasteiger charge is -2.42. The Morgan fingerprint density at radius 2 is 1.89 bits per heavy atom. The van der Waals surface area contributed by atoms with E-state index in [0.29, 0.717) is 0 Å². The van der Waals surface area contributed by atoms with Crippen molar-refractivity contribution >= 4 is 18.5 Å². The van der Waals surface area contributed by atoms with Gasteiger partial charge < -0.3 is 14.7 Å². The van der Waals surface area contributed by atoms with Gasteiger partial charge in [-0.25, -0.2) is 0 Å². The van der Waals surface area contributed by atoms with E-state index in [0.717, 1.165) is 37.1 Å². The van der Waals surface area contributed by atoms with Crippen molar-refractivity contribution in [1.29, 1.82) is 0 Å². The van der Waals surface area contributed by atoms with Crippen LogP contribution in [0, 0.1) is 5.92 Å². The topological polar surface area (TPSA) is 32.7 Å². The first kappa shape index (κ1) is 21.5. The molecule has 0 aromatic heterocycles. The summed E-state index contributed by atoms with van der Waals surface area (Å²) in [6.45, 7) is 0.847. The number of hydrogen-bond acceptors (Lipinski definition) is 3. The van der Waals surface area contributed by atoms with Gasteiger partial charge >= 0.3 is 0 Å². The van der Waals surface area contributed by atoms with E-state index in [2.05, 4.69) is 49.3 Å². The summed E-state index contributed by atoms with van der Waals surface area (Å²) in [5, 5.41) is 11.6. The van der Waals surface area contributed by atoms with E-state index in [1.54, 1.807) is 7.11 Å². The molecule has 0 saturated heterocycles. The minimum Gasteiger partial charge on any atom is -0.497 e. The Labute approximate surface area is 169 Å². The predicted octanol–water partition coefficient (Wildman–Crippen LogP) is 4.75. The van der Waals surface area contributed by atoms with Crippen LogP contribution in [0.3, 0.4) is 0 Å². The summed E-state index contributed by atoms with van der Waals surface area (Å²) in [7, 11) is 5.81. The van der Waals surface area contributed by atoms with E-state index in [9.17, 15) is 5.11 Å². The van der Waals surface area contributed by atoms with E-state index in [1.807, 2.05) is 30.3 Å². The fourth-order valence-corrected chi connectivity index (χ4v) is 3.99. The van der Waals surface area contributed by atoms with Gasteiger partial charge in [0.15, 0.2) is 0 Å². The van der Waals surface area contributed by atoms with Gasteiger partial charge in [0.2, 0.25) is 0 Å². The molecular formula is C23H30ClNO2. The van der Waals surface area contributed by atoms with Crippen LogP contribution in [0.15, 0.2) is 60.2 Å². The first-order valence-electron chi connectivity index (χ1n) is 9.27. The van der Waals surface area contributed by atoms with E-state index >= 15 is 0 Å². The molecule has 1 saturated carbocycles. The number of aliphatic hydroxyl groups is 1. The number of rotatable bonds is 5. The van der Waals surface area contributed by atoms with Crippen LogP contribution in [-0.4, -0.2) is 37.8 Å². The molecule has 2 unspecified atom stereocenters. The molecule has 0 spiro atoms. The maximum Gasteiger partial charge on any atom is 0.119 e. The van der Waals surface area contributed by atoms with Crippen molar-refractivity contribution in [2.45, 2.75) is 24.9 Å². The molecule has 1 fully saturated rings. The fraction of sp³-hybridized carbons (Fsp3) is 0.391. The highest BCUT2D eigenvalue weighted by Crippen LogP contribution is 2.45. The second kappa shape index (κ2) is 9.41. The van der Waals surface area contributed by atoms with E-state index in [1.165, 1.54) is 11.1 Å². The highest BCUT2D eigenvalue weighted by molar-refractivity contribution is 5.85. The third-order valence-electron chi connectivity index (χ3n) is 5.34. The Morgan fingerprint density at radius 1 is 1.15 bits per heavy atom. The molecule has 2 aromatic rings. The Morgan fingerprint density at radius 3 is 2.56 bits per heavy atom. The molecule has 146 valence electrons. The van der Waals surface area contributed by atoms with Gasteiger partial charge in [-0.3, -0.25) is 0 Å². The summed E-state index contributed by atoms with van der Waals surface area (Å²) in [6, 6.07) is 18.3. The van der Waals surface area contributed by atoms with Crippen LogP contribution in [0.1, 0.15) is 30.4 Å². The zero-order valence-corrected chi connectivity index (χ0v) is 17.2. The van der Waals surface area contributed by atoms with Gasteiger partial charge in [0.1, 0.15) is 5.75 Å². The molecule has 1 aliphatic rings. The monoisotopic (exact) mass is 387 g/mol. The molecule has 2 aromatic carbocycles. The van der Waals surface area contributed by atoms with Crippen LogP contribution >= 0.6 is 12.4 Å². The van der Waals surface area contributed by atoms with Crippen LogP contribution in [0.5, 0.6) is 5.75 Å². The lowest BCUT2D eigenvalue weighted by Crippen LogP contribution is -2.43. The van der Waals surface area contributed by atoms with E-state index in [-0.39, 0.29) is 18.3 Å². The highest BCUT2D eigenvalue weighted by Gasteiger charge is 2.42. The molecule has 1 aliphatic carbocycles. The smallest absolute Gasteiger partial charge is 0.119 e. The third-order valence-corrected chi connectivity index (χ3v) is 5.34. The number of allylic oxidation sites excluding steroid dienone is 1. The Hall–Kier alpha value is -1.81. The van der Waals surface area contributed by atoms with Gasteiger partial charge in [-0.2, -0.15) is 0 Å². The molecule has 0 radical (unpaired) electrons. The number of nitrogens with zero attached hydrogens (tertiary/aromatic N) is 1. The lowest BCUT2D eigenvalue weighted by atomic mass is 9.69. The van der Waals surface area contributed by atoms with Crippen molar-refractivity contribution in [2.75, 3.05) is 27.7 Å². The molecule has 3 nitrogen and oxygen atoms in total. The molecular weight excluding hydrogens is 358 g/mol. The van der Waals surface area contributed by atoms with Gasteiger partial charge in [0.05, 0.1) is 12.7 Å². The highest BCUT2D eigenvalue weighted by atomic mass is 35.5. The summed E-state index contributed by atoms with van der Waals surface area (Å²) in [4.78, 5) is 2.17. The lowest BCUT2D eigenvalue weighted by molar-refractivity contribution is -0.0509. The Bertz CT molecular complexity index is 760. The maximum absolute atomic E-state index is 11.6. The summed E-state index contributed by atoms with van der Waals surface area (Å²) in [5.41, 5.74) is 2.78. The average Bonchev–Trinajstić information content (AvgIpc) is 2.65. The molecule has 27 heavy (non-hydrogen) atoms. The molecule has 0 heterocycles. The Balaban J connectivity index is 0.00000261. The first-order chi connectivity index (χ1) is 12.5. The predicted molar refractivity (Wildman–Crippen MR) is 114 cm³/mol. The van der Waals surface area contributed by atoms with Crippen molar-refractivity contribution in [3.8, 4) is 5.75 Å². The van der Waals surface area contributed by atoms with Gasteiger partial charge in [-0.05, 0) is 56.6 Å². The van der Waals surface area contributed by atoms with Crippen LogP contribution in [0.4, 0.5) is 0 Å². The molecule has 0 bridgehead atoms. The maximum atomic E-state index is 11.6. The van der Waals surface area contributed by atoms with Crippen molar-refractivity contribution in [1.82, 2.24) is 4.90 Å². The average molecular weight is 388 g/mol. The van der Waals surface area contributed by atoms with E-state index < -0.39 is 5.60 Å². The van der Waals surface area contributed by atoms with Gasteiger partial charge in [-0.1, -0.05) is 54.1 Å². The second-order valence-electron chi connectivity index (χ2n) is 7.53. The number of methoxy groups -OCH3 is 1. The van der Waals surface area contributed by atoms with Crippen molar-refractivity contribution in [2.24, 2.45) is 5.92 Å². The van der Waals surface area contributed by atoms with Gasteiger partial charge in [0, 0.05) is 12.5 Å². The Kier molecular flexibility index (Phi) is 7.49. The molecule has 3 rings (SSSR count). The van der Waals surface area contributed by atoms with E-state index in [4.69, 9.17) is 4.74 Å². The number of benzene rings is 2. The first-order valence-corrected chi connectivity index (χ1v) is 9.27. The zero-order chi connectivity index (χ0) is 18.6. The quantitative estimate of drug-likeness (QED) is 0.803.